The van der Waals surface area contributed by atoms with Crippen molar-refractivity contribution >= 4 is 11.8 Å². The summed E-state index contributed by atoms with van der Waals surface area (Å²) in [6.07, 6.45) is 0. The van der Waals surface area contributed by atoms with Gasteiger partial charge in [0.15, 0.2) is 11.6 Å². The minimum absolute atomic E-state index is 0.320. The molecule has 7 heteroatoms. The van der Waals surface area contributed by atoms with Gasteiger partial charge in [-0.05, 0) is 6.07 Å². The van der Waals surface area contributed by atoms with Crippen LogP contribution in [0.4, 0.5) is 13.2 Å². The zero-order chi connectivity index (χ0) is 11.7. The van der Waals surface area contributed by atoms with Crippen LogP contribution >= 0.6 is 0 Å². The van der Waals surface area contributed by atoms with Crippen LogP contribution in [0.3, 0.4) is 0 Å². The molecule has 0 aliphatic carbocycles. The lowest BCUT2D eigenvalue weighted by Gasteiger charge is -2.04. The fourth-order valence-electron chi connectivity index (χ4n) is 1.00. The molecule has 0 bridgehead atoms. The molecule has 0 aliphatic heterocycles. The third kappa shape index (κ3) is 1.76. The van der Waals surface area contributed by atoms with Gasteiger partial charge in [0.25, 0.3) is 11.8 Å². The first kappa shape index (κ1) is 11.0. The molecule has 0 spiro atoms. The third-order valence-corrected chi connectivity index (χ3v) is 1.67. The van der Waals surface area contributed by atoms with Crippen LogP contribution in [0.1, 0.15) is 20.7 Å². The number of rotatable bonds is 2. The standard InChI is InChI=1S/C8H5F3N2O2/c9-3-1-2(7(12)14)5(10)6(11)4(3)8(13)15/h1H,(H2,12,14)(H2,13,15). The molecule has 1 aromatic rings. The molecule has 0 aromatic heterocycles. The molecule has 0 saturated heterocycles. The summed E-state index contributed by atoms with van der Waals surface area (Å²) in [5.74, 6) is -7.77. The van der Waals surface area contributed by atoms with E-state index >= 15 is 0 Å². The van der Waals surface area contributed by atoms with Crippen LogP contribution < -0.4 is 11.5 Å². The number of hydrogen-bond donors (Lipinski definition) is 2. The fraction of sp³-hybridized carbons (Fsp3) is 0. The molecular weight excluding hydrogens is 213 g/mol. The van der Waals surface area contributed by atoms with Crippen molar-refractivity contribution in [3.8, 4) is 0 Å². The number of amides is 2. The Morgan fingerprint density at radius 1 is 1.00 bits per heavy atom. The lowest BCUT2D eigenvalue weighted by atomic mass is 10.1. The second-order valence-electron chi connectivity index (χ2n) is 2.64. The summed E-state index contributed by atoms with van der Waals surface area (Å²) in [7, 11) is 0. The molecule has 0 saturated carbocycles. The Labute approximate surface area is 81.7 Å². The second-order valence-corrected chi connectivity index (χ2v) is 2.64. The minimum Gasteiger partial charge on any atom is -0.366 e. The average Bonchev–Trinajstić information content (AvgIpc) is 2.10. The van der Waals surface area contributed by atoms with E-state index < -0.39 is 40.4 Å². The Morgan fingerprint density at radius 2 is 1.53 bits per heavy atom. The lowest BCUT2D eigenvalue weighted by Crippen LogP contribution is -2.21. The lowest BCUT2D eigenvalue weighted by molar-refractivity contribution is 0.0976. The molecule has 0 radical (unpaired) electrons. The van der Waals surface area contributed by atoms with Crippen molar-refractivity contribution in [2.75, 3.05) is 0 Å². The molecule has 1 aromatic carbocycles. The molecule has 0 unspecified atom stereocenters. The highest BCUT2D eigenvalue weighted by Crippen LogP contribution is 2.19. The number of carbonyl (C=O) groups is 2. The normalized spacial score (nSPS) is 10.1. The maximum Gasteiger partial charge on any atom is 0.254 e. The zero-order valence-electron chi connectivity index (χ0n) is 7.18. The molecule has 0 heterocycles. The van der Waals surface area contributed by atoms with Gasteiger partial charge in [0.1, 0.15) is 11.4 Å². The quantitative estimate of drug-likeness (QED) is 0.699. The molecule has 4 N–H and O–H groups in total. The highest BCUT2D eigenvalue weighted by molar-refractivity contribution is 5.97. The Kier molecular flexibility index (Phi) is 2.65. The predicted molar refractivity (Wildman–Crippen MR) is 43.4 cm³/mol. The maximum atomic E-state index is 13.0. The Balaban J connectivity index is 3.58. The van der Waals surface area contributed by atoms with Gasteiger partial charge in [-0.15, -0.1) is 0 Å². The van der Waals surface area contributed by atoms with Crippen LogP contribution in [-0.4, -0.2) is 11.8 Å². The van der Waals surface area contributed by atoms with E-state index in [0.29, 0.717) is 6.07 Å². The summed E-state index contributed by atoms with van der Waals surface area (Å²) in [6, 6.07) is 0.320. The molecule has 0 aliphatic rings. The number of nitrogens with two attached hydrogens (primary N) is 2. The summed E-state index contributed by atoms with van der Waals surface area (Å²) < 4.78 is 39.0. The molecule has 80 valence electrons. The Morgan fingerprint density at radius 3 is 1.93 bits per heavy atom. The minimum atomic E-state index is -1.82. The number of hydrogen-bond acceptors (Lipinski definition) is 2. The zero-order valence-corrected chi connectivity index (χ0v) is 7.18. The summed E-state index contributed by atoms with van der Waals surface area (Å²) in [6.45, 7) is 0. The van der Waals surface area contributed by atoms with E-state index in [1.165, 1.54) is 0 Å². The van der Waals surface area contributed by atoms with Crippen molar-refractivity contribution in [2.45, 2.75) is 0 Å². The van der Waals surface area contributed by atoms with Crippen LogP contribution in [0.15, 0.2) is 6.07 Å². The van der Waals surface area contributed by atoms with E-state index in [2.05, 4.69) is 11.5 Å². The van der Waals surface area contributed by atoms with E-state index in [1.54, 1.807) is 0 Å². The van der Waals surface area contributed by atoms with Crippen molar-refractivity contribution < 1.29 is 22.8 Å². The first-order valence-electron chi connectivity index (χ1n) is 3.63. The maximum absolute atomic E-state index is 13.0. The van der Waals surface area contributed by atoms with E-state index in [1.807, 2.05) is 0 Å². The predicted octanol–water partition coefficient (Wildman–Crippen LogP) is 0.302. The summed E-state index contributed by atoms with van der Waals surface area (Å²) in [5, 5.41) is 0. The molecular formula is C8H5F3N2O2. The first-order chi connectivity index (χ1) is 6.86. The van der Waals surface area contributed by atoms with Crippen molar-refractivity contribution in [2.24, 2.45) is 11.5 Å². The Bertz CT molecular complexity index is 460. The number of benzene rings is 1. The SMILES string of the molecule is NC(=O)c1cc(F)c(C(N)=O)c(F)c1F. The number of carbonyl (C=O) groups excluding carboxylic acids is 2. The topological polar surface area (TPSA) is 86.2 Å². The largest absolute Gasteiger partial charge is 0.366 e. The smallest absolute Gasteiger partial charge is 0.254 e. The number of halogens is 3. The molecule has 2 amide bonds. The van der Waals surface area contributed by atoms with Crippen LogP contribution in [0.5, 0.6) is 0 Å². The van der Waals surface area contributed by atoms with E-state index in [-0.39, 0.29) is 0 Å². The molecule has 0 fully saturated rings. The van der Waals surface area contributed by atoms with Gasteiger partial charge in [-0.3, -0.25) is 9.59 Å². The highest BCUT2D eigenvalue weighted by Gasteiger charge is 2.24. The molecule has 0 atom stereocenters. The van der Waals surface area contributed by atoms with Crippen LogP contribution in [0.2, 0.25) is 0 Å². The van der Waals surface area contributed by atoms with E-state index in [4.69, 9.17) is 0 Å². The fourth-order valence-corrected chi connectivity index (χ4v) is 1.00. The van der Waals surface area contributed by atoms with Gasteiger partial charge in [-0.2, -0.15) is 0 Å². The van der Waals surface area contributed by atoms with E-state index in [0.717, 1.165) is 0 Å². The summed E-state index contributed by atoms with van der Waals surface area (Å²) in [5.41, 5.74) is 7.04. The van der Waals surface area contributed by atoms with Crippen molar-refractivity contribution in [3.63, 3.8) is 0 Å². The molecule has 4 nitrogen and oxygen atoms in total. The monoisotopic (exact) mass is 218 g/mol. The van der Waals surface area contributed by atoms with Gasteiger partial charge in [0, 0.05) is 0 Å². The third-order valence-electron chi connectivity index (χ3n) is 1.67. The summed E-state index contributed by atoms with van der Waals surface area (Å²) in [4.78, 5) is 21.1. The first-order valence-corrected chi connectivity index (χ1v) is 3.63. The van der Waals surface area contributed by atoms with Crippen molar-refractivity contribution in [3.05, 3.63) is 34.6 Å². The highest BCUT2D eigenvalue weighted by atomic mass is 19.2. The average molecular weight is 218 g/mol. The van der Waals surface area contributed by atoms with Gasteiger partial charge in [-0.25, -0.2) is 13.2 Å². The van der Waals surface area contributed by atoms with Gasteiger partial charge >= 0.3 is 0 Å². The van der Waals surface area contributed by atoms with Gasteiger partial charge in [0.05, 0.1) is 5.56 Å². The Hall–Kier alpha value is -2.05. The number of primary amides is 2. The van der Waals surface area contributed by atoms with E-state index in [9.17, 15) is 22.8 Å². The second kappa shape index (κ2) is 3.60. The van der Waals surface area contributed by atoms with Crippen LogP contribution in [0, 0.1) is 17.5 Å². The van der Waals surface area contributed by atoms with Crippen molar-refractivity contribution in [1.29, 1.82) is 0 Å². The van der Waals surface area contributed by atoms with Crippen LogP contribution in [-0.2, 0) is 0 Å². The van der Waals surface area contributed by atoms with Gasteiger partial charge in [-0.1, -0.05) is 0 Å². The van der Waals surface area contributed by atoms with Gasteiger partial charge < -0.3 is 11.5 Å². The van der Waals surface area contributed by atoms with Gasteiger partial charge in [0.2, 0.25) is 0 Å². The molecule has 15 heavy (non-hydrogen) atoms. The molecule has 1 rings (SSSR count). The van der Waals surface area contributed by atoms with Crippen molar-refractivity contribution in [1.82, 2.24) is 0 Å². The summed E-state index contributed by atoms with van der Waals surface area (Å²) >= 11 is 0. The van der Waals surface area contributed by atoms with Crippen LogP contribution in [0.25, 0.3) is 0 Å².